The third kappa shape index (κ3) is 3.81. The van der Waals surface area contributed by atoms with Gasteiger partial charge < -0.3 is 10.1 Å². The summed E-state index contributed by atoms with van der Waals surface area (Å²) in [5, 5.41) is 3.24. The number of aromatic nitrogens is 1. The summed E-state index contributed by atoms with van der Waals surface area (Å²) in [5.41, 5.74) is 0. The lowest BCUT2D eigenvalue weighted by Crippen LogP contribution is -2.21. The van der Waals surface area contributed by atoms with E-state index in [1.807, 2.05) is 26.0 Å². The van der Waals surface area contributed by atoms with Gasteiger partial charge in [-0.25, -0.2) is 4.98 Å². The summed E-state index contributed by atoms with van der Waals surface area (Å²) in [7, 11) is -0.825. The van der Waals surface area contributed by atoms with Crippen molar-refractivity contribution >= 4 is 16.6 Å². The number of rotatable bonds is 6. The van der Waals surface area contributed by atoms with Crippen LogP contribution in [0.5, 0.6) is 5.75 Å². The number of hydrogen-bond acceptors (Lipinski definition) is 4. The first-order chi connectivity index (χ1) is 7.65. The maximum Gasteiger partial charge on any atom is 0.168 e. The van der Waals surface area contributed by atoms with Crippen molar-refractivity contribution in [3.8, 4) is 5.75 Å². The molecule has 1 rings (SSSR count). The van der Waals surface area contributed by atoms with Gasteiger partial charge in [-0.3, -0.25) is 4.21 Å². The van der Waals surface area contributed by atoms with Crippen molar-refractivity contribution in [3.63, 3.8) is 0 Å². The van der Waals surface area contributed by atoms with Crippen LogP contribution in [0.3, 0.4) is 0 Å². The molecule has 0 saturated heterocycles. The van der Waals surface area contributed by atoms with Gasteiger partial charge in [-0.15, -0.1) is 0 Å². The van der Waals surface area contributed by atoms with E-state index in [9.17, 15) is 4.21 Å². The van der Waals surface area contributed by atoms with Crippen molar-refractivity contribution in [3.05, 3.63) is 18.3 Å². The Balaban J connectivity index is 2.62. The van der Waals surface area contributed by atoms with Gasteiger partial charge in [-0.1, -0.05) is 0 Å². The number of nitrogens with one attached hydrogen (secondary N) is 1. The maximum absolute atomic E-state index is 11.2. The van der Waals surface area contributed by atoms with Gasteiger partial charge >= 0.3 is 0 Å². The van der Waals surface area contributed by atoms with Gasteiger partial charge in [0.05, 0.1) is 6.61 Å². The fourth-order valence-corrected chi connectivity index (χ4v) is 1.47. The Kier molecular flexibility index (Phi) is 5.25. The first kappa shape index (κ1) is 13.0. The highest BCUT2D eigenvalue weighted by Crippen LogP contribution is 2.20. The van der Waals surface area contributed by atoms with E-state index in [0.717, 1.165) is 5.75 Å². The van der Waals surface area contributed by atoms with Gasteiger partial charge in [0.2, 0.25) is 0 Å². The molecule has 1 aromatic rings. The van der Waals surface area contributed by atoms with E-state index in [4.69, 9.17) is 4.74 Å². The van der Waals surface area contributed by atoms with E-state index in [0.29, 0.717) is 19.0 Å². The molecule has 0 aliphatic heterocycles. The van der Waals surface area contributed by atoms with Gasteiger partial charge in [-0.2, -0.15) is 0 Å². The standard InChI is InChI=1S/C11H18N2O2S/c1-4-15-10-6-5-7-12-11(10)13-8-9(2)16(3)14/h5-7,9H,4,8H2,1-3H3,(H,12,13). The zero-order valence-corrected chi connectivity index (χ0v) is 10.7. The van der Waals surface area contributed by atoms with E-state index in [1.54, 1.807) is 12.5 Å². The summed E-state index contributed by atoms with van der Waals surface area (Å²) in [6.07, 6.45) is 3.41. The van der Waals surface area contributed by atoms with Crippen LogP contribution in [0.2, 0.25) is 0 Å². The topological polar surface area (TPSA) is 51.2 Å². The molecule has 0 bridgehead atoms. The number of ether oxygens (including phenoxy) is 1. The minimum atomic E-state index is -0.825. The van der Waals surface area contributed by atoms with E-state index in [2.05, 4.69) is 10.3 Å². The van der Waals surface area contributed by atoms with Crippen molar-refractivity contribution < 1.29 is 8.95 Å². The third-order valence-electron chi connectivity index (χ3n) is 2.19. The molecule has 0 aromatic carbocycles. The lowest BCUT2D eigenvalue weighted by molar-refractivity contribution is 0.340. The van der Waals surface area contributed by atoms with Crippen LogP contribution >= 0.6 is 0 Å². The second kappa shape index (κ2) is 6.48. The van der Waals surface area contributed by atoms with Crippen molar-refractivity contribution in [1.82, 2.24) is 4.98 Å². The van der Waals surface area contributed by atoms with Crippen LogP contribution in [-0.4, -0.2) is 33.9 Å². The molecule has 0 aliphatic rings. The molecule has 2 unspecified atom stereocenters. The zero-order chi connectivity index (χ0) is 12.0. The van der Waals surface area contributed by atoms with Crippen LogP contribution in [0.15, 0.2) is 18.3 Å². The Bertz CT molecular complexity index is 358. The Morgan fingerprint density at radius 2 is 2.38 bits per heavy atom. The monoisotopic (exact) mass is 242 g/mol. The van der Waals surface area contributed by atoms with Crippen LogP contribution < -0.4 is 10.1 Å². The maximum atomic E-state index is 11.2. The summed E-state index contributed by atoms with van der Waals surface area (Å²) < 4.78 is 16.6. The molecule has 1 N–H and O–H groups in total. The molecule has 0 aliphatic carbocycles. The second-order valence-corrected chi connectivity index (χ2v) is 5.28. The molecule has 1 heterocycles. The molecule has 1 aromatic heterocycles. The molecule has 5 heteroatoms. The predicted molar refractivity (Wildman–Crippen MR) is 67.4 cm³/mol. The van der Waals surface area contributed by atoms with Gasteiger partial charge in [0.1, 0.15) is 0 Å². The second-order valence-electron chi connectivity index (χ2n) is 3.47. The van der Waals surface area contributed by atoms with Gasteiger partial charge in [0.15, 0.2) is 11.6 Å². The lowest BCUT2D eigenvalue weighted by atomic mass is 10.4. The van der Waals surface area contributed by atoms with Gasteiger partial charge in [0.25, 0.3) is 0 Å². The molecule has 16 heavy (non-hydrogen) atoms. The molecule has 0 radical (unpaired) electrons. The highest BCUT2D eigenvalue weighted by Gasteiger charge is 2.08. The number of pyridine rings is 1. The molecular weight excluding hydrogens is 224 g/mol. The first-order valence-electron chi connectivity index (χ1n) is 5.29. The van der Waals surface area contributed by atoms with Crippen molar-refractivity contribution in [2.45, 2.75) is 19.1 Å². The molecule has 0 spiro atoms. The van der Waals surface area contributed by atoms with E-state index >= 15 is 0 Å². The van der Waals surface area contributed by atoms with Crippen LogP contribution in [0.4, 0.5) is 5.82 Å². The minimum absolute atomic E-state index is 0.0940. The lowest BCUT2D eigenvalue weighted by Gasteiger charge is -2.13. The first-order valence-corrected chi connectivity index (χ1v) is 6.91. The largest absolute Gasteiger partial charge is 0.490 e. The Morgan fingerprint density at radius 1 is 1.62 bits per heavy atom. The normalized spacial score (nSPS) is 14.2. The molecule has 2 atom stereocenters. The van der Waals surface area contributed by atoms with E-state index in [1.165, 1.54) is 0 Å². The van der Waals surface area contributed by atoms with E-state index in [-0.39, 0.29) is 5.25 Å². The molecule has 90 valence electrons. The quantitative estimate of drug-likeness (QED) is 0.824. The van der Waals surface area contributed by atoms with Gasteiger partial charge in [-0.05, 0) is 26.0 Å². The molecule has 0 fully saturated rings. The Hall–Kier alpha value is -1.10. The smallest absolute Gasteiger partial charge is 0.168 e. The van der Waals surface area contributed by atoms with Crippen molar-refractivity contribution in [2.75, 3.05) is 24.7 Å². The Morgan fingerprint density at radius 3 is 3.00 bits per heavy atom. The summed E-state index contributed by atoms with van der Waals surface area (Å²) in [4.78, 5) is 4.19. The van der Waals surface area contributed by atoms with E-state index < -0.39 is 10.8 Å². The SMILES string of the molecule is CCOc1cccnc1NCC(C)S(C)=O. The predicted octanol–water partition coefficient (Wildman–Crippen LogP) is 1.66. The van der Waals surface area contributed by atoms with Crippen LogP contribution in [0.1, 0.15) is 13.8 Å². The number of anilines is 1. The molecule has 0 amide bonds. The summed E-state index contributed by atoms with van der Waals surface area (Å²) in [5.74, 6) is 1.45. The van der Waals surface area contributed by atoms with Crippen molar-refractivity contribution in [1.29, 1.82) is 0 Å². The molecule has 0 saturated carbocycles. The highest BCUT2D eigenvalue weighted by molar-refractivity contribution is 7.84. The van der Waals surface area contributed by atoms with Crippen LogP contribution in [0.25, 0.3) is 0 Å². The third-order valence-corrected chi connectivity index (χ3v) is 3.49. The fourth-order valence-electron chi connectivity index (χ4n) is 1.15. The average Bonchev–Trinajstić information content (AvgIpc) is 2.27. The minimum Gasteiger partial charge on any atom is -0.490 e. The summed E-state index contributed by atoms with van der Waals surface area (Å²) >= 11 is 0. The number of hydrogen-bond donors (Lipinski definition) is 1. The average molecular weight is 242 g/mol. The van der Waals surface area contributed by atoms with Crippen LogP contribution in [0, 0.1) is 0 Å². The van der Waals surface area contributed by atoms with Gasteiger partial charge in [0, 0.05) is 35.0 Å². The highest BCUT2D eigenvalue weighted by atomic mass is 32.2. The fraction of sp³-hybridized carbons (Fsp3) is 0.545. The Labute approximate surface area is 98.9 Å². The summed E-state index contributed by atoms with van der Waals surface area (Å²) in [6, 6.07) is 3.70. The summed E-state index contributed by atoms with van der Waals surface area (Å²) in [6.45, 7) is 5.10. The molecule has 4 nitrogen and oxygen atoms in total. The number of nitrogens with zero attached hydrogens (tertiary/aromatic N) is 1. The molecular formula is C11H18N2O2S. The van der Waals surface area contributed by atoms with Crippen molar-refractivity contribution in [2.24, 2.45) is 0 Å². The van der Waals surface area contributed by atoms with Crippen LogP contribution in [-0.2, 0) is 10.8 Å². The zero-order valence-electron chi connectivity index (χ0n) is 9.90.